The van der Waals surface area contributed by atoms with Gasteiger partial charge in [0, 0.05) is 20.1 Å². The maximum Gasteiger partial charge on any atom is 0.236 e. The lowest BCUT2D eigenvalue weighted by atomic mass is 9.87. The molecule has 1 N–H and O–H groups in total. The molecule has 0 aromatic rings. The van der Waals surface area contributed by atoms with Gasteiger partial charge in [-0.05, 0) is 31.6 Å². The number of rotatable bonds is 3. The van der Waals surface area contributed by atoms with Crippen molar-refractivity contribution in [3.8, 4) is 0 Å². The van der Waals surface area contributed by atoms with Crippen LogP contribution in [0.15, 0.2) is 0 Å². The van der Waals surface area contributed by atoms with Crippen LogP contribution < -0.4 is 5.32 Å². The number of hydrogen-bond donors (Lipinski definition) is 1. The zero-order valence-electron chi connectivity index (χ0n) is 9.55. The summed E-state index contributed by atoms with van der Waals surface area (Å²) in [5, 5.41) is 3.33. The highest BCUT2D eigenvalue weighted by atomic mass is 16.2. The fraction of sp³-hybridized carbons (Fsp3) is 0.909. The van der Waals surface area contributed by atoms with E-state index in [0.29, 0.717) is 12.6 Å². The molecule has 1 saturated carbocycles. The third kappa shape index (κ3) is 3.66. The van der Waals surface area contributed by atoms with E-state index >= 15 is 0 Å². The molecule has 14 heavy (non-hydrogen) atoms. The van der Waals surface area contributed by atoms with E-state index in [0.717, 1.165) is 5.92 Å². The molecule has 1 amide bonds. The summed E-state index contributed by atoms with van der Waals surface area (Å²) in [6.07, 6.45) is 5.05. The molecular formula is C11H22N2O. The summed E-state index contributed by atoms with van der Waals surface area (Å²) >= 11 is 0. The second-order valence-corrected chi connectivity index (χ2v) is 4.63. The third-order valence-corrected chi connectivity index (χ3v) is 3.06. The monoisotopic (exact) mass is 198 g/mol. The van der Waals surface area contributed by atoms with Crippen LogP contribution in [-0.2, 0) is 4.79 Å². The first-order chi connectivity index (χ1) is 6.59. The van der Waals surface area contributed by atoms with E-state index in [-0.39, 0.29) is 5.91 Å². The van der Waals surface area contributed by atoms with Gasteiger partial charge in [-0.25, -0.2) is 0 Å². The van der Waals surface area contributed by atoms with E-state index in [1.165, 1.54) is 25.7 Å². The molecule has 82 valence electrons. The van der Waals surface area contributed by atoms with Gasteiger partial charge >= 0.3 is 0 Å². The summed E-state index contributed by atoms with van der Waals surface area (Å²) in [7, 11) is 3.60. The molecular weight excluding hydrogens is 176 g/mol. The number of likely N-dealkylation sites (N-methyl/N-ethyl adjacent to an activating group) is 1. The molecule has 0 aromatic heterocycles. The lowest BCUT2D eigenvalue weighted by Crippen LogP contribution is -2.40. The van der Waals surface area contributed by atoms with Gasteiger partial charge in [-0.3, -0.25) is 4.79 Å². The van der Waals surface area contributed by atoms with Gasteiger partial charge in [-0.2, -0.15) is 0 Å². The Bertz CT molecular complexity index is 184. The van der Waals surface area contributed by atoms with Crippen molar-refractivity contribution >= 4 is 5.91 Å². The quantitative estimate of drug-likeness (QED) is 0.740. The SMILES string of the molecule is CC1CCC(NCC(=O)N(C)C)CC1. The molecule has 1 rings (SSSR count). The van der Waals surface area contributed by atoms with Crippen LogP contribution in [0.2, 0.25) is 0 Å². The van der Waals surface area contributed by atoms with Gasteiger partial charge in [0.15, 0.2) is 0 Å². The predicted octanol–water partition coefficient (Wildman–Crippen LogP) is 1.24. The number of nitrogens with zero attached hydrogens (tertiary/aromatic N) is 1. The van der Waals surface area contributed by atoms with Crippen molar-refractivity contribution in [2.24, 2.45) is 5.92 Å². The normalized spacial score (nSPS) is 27.4. The zero-order chi connectivity index (χ0) is 10.6. The summed E-state index contributed by atoms with van der Waals surface area (Å²) in [5.41, 5.74) is 0. The second-order valence-electron chi connectivity index (χ2n) is 4.63. The van der Waals surface area contributed by atoms with Crippen LogP contribution in [0.25, 0.3) is 0 Å². The number of carbonyl (C=O) groups excluding carboxylic acids is 1. The molecule has 0 unspecified atom stereocenters. The molecule has 0 aromatic carbocycles. The van der Waals surface area contributed by atoms with Crippen molar-refractivity contribution in [2.45, 2.75) is 38.6 Å². The molecule has 0 heterocycles. The van der Waals surface area contributed by atoms with Gasteiger partial charge in [-0.15, -0.1) is 0 Å². The van der Waals surface area contributed by atoms with Crippen LogP contribution >= 0.6 is 0 Å². The molecule has 0 saturated heterocycles. The van der Waals surface area contributed by atoms with Crippen LogP contribution in [0.3, 0.4) is 0 Å². The van der Waals surface area contributed by atoms with Crippen molar-refractivity contribution in [2.75, 3.05) is 20.6 Å². The average molecular weight is 198 g/mol. The Labute approximate surface area is 86.9 Å². The van der Waals surface area contributed by atoms with Gasteiger partial charge in [0.1, 0.15) is 0 Å². The highest BCUT2D eigenvalue weighted by Gasteiger charge is 2.18. The van der Waals surface area contributed by atoms with Crippen molar-refractivity contribution in [1.82, 2.24) is 10.2 Å². The Kier molecular flexibility index (Phi) is 4.39. The highest BCUT2D eigenvalue weighted by Crippen LogP contribution is 2.23. The van der Waals surface area contributed by atoms with Crippen LogP contribution in [0.1, 0.15) is 32.6 Å². The molecule has 0 atom stereocenters. The molecule has 0 aliphatic heterocycles. The van der Waals surface area contributed by atoms with Gasteiger partial charge in [0.2, 0.25) is 5.91 Å². The lowest BCUT2D eigenvalue weighted by Gasteiger charge is -2.27. The molecule has 1 aliphatic carbocycles. The van der Waals surface area contributed by atoms with E-state index < -0.39 is 0 Å². The zero-order valence-corrected chi connectivity index (χ0v) is 9.55. The number of carbonyl (C=O) groups is 1. The average Bonchev–Trinajstić information content (AvgIpc) is 2.16. The smallest absolute Gasteiger partial charge is 0.236 e. The first kappa shape index (κ1) is 11.5. The van der Waals surface area contributed by atoms with E-state index in [2.05, 4.69) is 12.2 Å². The first-order valence-corrected chi connectivity index (χ1v) is 5.53. The Morgan fingerprint density at radius 2 is 1.86 bits per heavy atom. The van der Waals surface area contributed by atoms with Crippen molar-refractivity contribution in [3.05, 3.63) is 0 Å². The van der Waals surface area contributed by atoms with E-state index in [1.807, 2.05) is 0 Å². The topological polar surface area (TPSA) is 32.3 Å². The highest BCUT2D eigenvalue weighted by molar-refractivity contribution is 5.77. The molecule has 3 nitrogen and oxygen atoms in total. The van der Waals surface area contributed by atoms with Crippen molar-refractivity contribution in [1.29, 1.82) is 0 Å². The van der Waals surface area contributed by atoms with Crippen molar-refractivity contribution < 1.29 is 4.79 Å². The van der Waals surface area contributed by atoms with E-state index in [4.69, 9.17) is 0 Å². The number of nitrogens with one attached hydrogen (secondary N) is 1. The van der Waals surface area contributed by atoms with Crippen molar-refractivity contribution in [3.63, 3.8) is 0 Å². The maximum absolute atomic E-state index is 11.3. The minimum absolute atomic E-state index is 0.170. The van der Waals surface area contributed by atoms with Gasteiger partial charge < -0.3 is 10.2 Å². The fourth-order valence-electron chi connectivity index (χ4n) is 1.85. The van der Waals surface area contributed by atoms with Crippen LogP contribution in [-0.4, -0.2) is 37.5 Å². The van der Waals surface area contributed by atoms with Crippen LogP contribution in [0, 0.1) is 5.92 Å². The minimum atomic E-state index is 0.170. The fourth-order valence-corrected chi connectivity index (χ4v) is 1.85. The summed E-state index contributed by atoms with van der Waals surface area (Å²) in [4.78, 5) is 13.0. The maximum atomic E-state index is 11.3. The van der Waals surface area contributed by atoms with Crippen LogP contribution in [0.5, 0.6) is 0 Å². The van der Waals surface area contributed by atoms with Crippen LogP contribution in [0.4, 0.5) is 0 Å². The Hall–Kier alpha value is -0.570. The third-order valence-electron chi connectivity index (χ3n) is 3.06. The Balaban J connectivity index is 2.16. The van der Waals surface area contributed by atoms with E-state index in [1.54, 1.807) is 19.0 Å². The summed E-state index contributed by atoms with van der Waals surface area (Å²) in [6, 6.07) is 0.565. The minimum Gasteiger partial charge on any atom is -0.348 e. The molecule has 1 fully saturated rings. The van der Waals surface area contributed by atoms with Gasteiger partial charge in [-0.1, -0.05) is 6.92 Å². The standard InChI is InChI=1S/C11H22N2O/c1-9-4-6-10(7-5-9)12-8-11(14)13(2)3/h9-10,12H,4-8H2,1-3H3. The second kappa shape index (κ2) is 5.35. The van der Waals surface area contributed by atoms with Gasteiger partial charge in [0.25, 0.3) is 0 Å². The Morgan fingerprint density at radius 3 is 2.36 bits per heavy atom. The number of hydrogen-bond acceptors (Lipinski definition) is 2. The predicted molar refractivity (Wildman–Crippen MR) is 58.1 cm³/mol. The largest absolute Gasteiger partial charge is 0.348 e. The lowest BCUT2D eigenvalue weighted by molar-refractivity contribution is -0.127. The molecule has 1 aliphatic rings. The van der Waals surface area contributed by atoms with Gasteiger partial charge in [0.05, 0.1) is 6.54 Å². The summed E-state index contributed by atoms with van der Waals surface area (Å²) < 4.78 is 0. The number of amides is 1. The molecule has 0 spiro atoms. The molecule has 0 radical (unpaired) electrons. The molecule has 0 bridgehead atoms. The molecule has 3 heteroatoms. The summed E-state index contributed by atoms with van der Waals surface area (Å²) in [5.74, 6) is 1.04. The first-order valence-electron chi connectivity index (χ1n) is 5.53. The summed E-state index contributed by atoms with van der Waals surface area (Å²) in [6.45, 7) is 2.80. The Morgan fingerprint density at radius 1 is 1.29 bits per heavy atom. The van der Waals surface area contributed by atoms with E-state index in [9.17, 15) is 4.79 Å².